The highest BCUT2D eigenvalue weighted by Gasteiger charge is 2.21. The molecule has 1 aliphatic rings. The zero-order valence-corrected chi connectivity index (χ0v) is 18.3. The van der Waals surface area contributed by atoms with Crippen LogP contribution in [-0.4, -0.2) is 53.5 Å². The van der Waals surface area contributed by atoms with Crippen LogP contribution in [0.4, 0.5) is 0 Å². The smallest absolute Gasteiger partial charge is 0.193 e. The van der Waals surface area contributed by atoms with Gasteiger partial charge in [-0.2, -0.15) is 11.8 Å². The van der Waals surface area contributed by atoms with E-state index in [0.717, 1.165) is 43.7 Å². The van der Waals surface area contributed by atoms with Gasteiger partial charge in [0.25, 0.3) is 0 Å². The number of aromatic nitrogens is 1. The van der Waals surface area contributed by atoms with Crippen LogP contribution >= 0.6 is 35.7 Å². The summed E-state index contributed by atoms with van der Waals surface area (Å²) in [4.78, 5) is 10.3. The van der Waals surface area contributed by atoms with Crippen LogP contribution in [0.25, 0.3) is 10.9 Å². The number of thioether (sulfide) groups is 1. The molecule has 1 unspecified atom stereocenters. The summed E-state index contributed by atoms with van der Waals surface area (Å²) < 4.78 is 0. The molecule has 0 radical (unpaired) electrons. The second kappa shape index (κ2) is 10.3. The number of rotatable bonds is 5. The third kappa shape index (κ3) is 5.29. The summed E-state index contributed by atoms with van der Waals surface area (Å²) in [6.45, 7) is 5.46. The van der Waals surface area contributed by atoms with Crippen LogP contribution < -0.4 is 5.32 Å². The van der Waals surface area contributed by atoms with Crippen LogP contribution in [-0.2, 0) is 6.42 Å². The first kappa shape index (κ1) is 20.4. The molecule has 1 aromatic carbocycles. The summed E-state index contributed by atoms with van der Waals surface area (Å²) >= 11 is 2.09. The molecule has 0 amide bonds. The van der Waals surface area contributed by atoms with Crippen molar-refractivity contribution in [1.82, 2.24) is 15.2 Å². The predicted octanol–water partition coefficient (Wildman–Crippen LogP) is 4.12. The Bertz CT molecular complexity index is 685. The number of aromatic amines is 1. The molecule has 1 atom stereocenters. The van der Waals surface area contributed by atoms with E-state index in [1.54, 1.807) is 0 Å². The molecule has 0 saturated carbocycles. The van der Waals surface area contributed by atoms with Gasteiger partial charge in [-0.25, -0.2) is 0 Å². The molecule has 6 heteroatoms. The third-order valence-electron chi connectivity index (χ3n) is 4.69. The van der Waals surface area contributed by atoms with Gasteiger partial charge in [0.2, 0.25) is 0 Å². The van der Waals surface area contributed by atoms with E-state index in [2.05, 4.69) is 69.3 Å². The number of aliphatic imine (C=N–C) groups is 1. The Morgan fingerprint density at radius 3 is 3.04 bits per heavy atom. The first-order valence-corrected chi connectivity index (χ1v) is 9.99. The molecule has 1 aliphatic heterocycles. The van der Waals surface area contributed by atoms with E-state index in [-0.39, 0.29) is 24.0 Å². The van der Waals surface area contributed by atoms with Crippen LogP contribution in [0.2, 0.25) is 0 Å². The Morgan fingerprint density at radius 1 is 1.40 bits per heavy atom. The Balaban J connectivity index is 0.00000225. The molecule has 1 fully saturated rings. The minimum Gasteiger partial charge on any atom is -0.361 e. The minimum absolute atomic E-state index is 0. The highest BCUT2D eigenvalue weighted by atomic mass is 127. The maximum absolute atomic E-state index is 4.48. The van der Waals surface area contributed by atoms with Crippen LogP contribution in [0.1, 0.15) is 25.3 Å². The minimum atomic E-state index is 0. The molecule has 1 saturated heterocycles. The van der Waals surface area contributed by atoms with Gasteiger partial charge in [0, 0.05) is 54.8 Å². The monoisotopic (exact) mass is 472 g/mol. The molecule has 1 aromatic heterocycles. The van der Waals surface area contributed by atoms with Gasteiger partial charge in [-0.1, -0.05) is 25.1 Å². The molecule has 2 N–H and O–H groups in total. The summed E-state index contributed by atoms with van der Waals surface area (Å²) in [6, 6.07) is 8.52. The van der Waals surface area contributed by atoms with Crippen molar-refractivity contribution in [3.05, 3.63) is 36.0 Å². The van der Waals surface area contributed by atoms with Crippen molar-refractivity contribution >= 4 is 52.6 Å². The fourth-order valence-electron chi connectivity index (χ4n) is 3.31. The van der Waals surface area contributed by atoms with Crippen molar-refractivity contribution in [3.8, 4) is 0 Å². The molecule has 4 nitrogen and oxygen atoms in total. The van der Waals surface area contributed by atoms with Gasteiger partial charge in [0.1, 0.15) is 0 Å². The molecular formula is C19H29IN4S. The molecule has 2 heterocycles. The number of nitrogens with one attached hydrogen (secondary N) is 2. The number of aryl methyl sites for hydroxylation is 1. The lowest BCUT2D eigenvalue weighted by Crippen LogP contribution is -2.48. The number of H-pyrrole nitrogens is 1. The Labute approximate surface area is 172 Å². The zero-order valence-electron chi connectivity index (χ0n) is 15.1. The number of hydrogen-bond donors (Lipinski definition) is 2. The molecule has 2 aromatic rings. The number of fused-ring (bicyclic) bond motifs is 1. The van der Waals surface area contributed by atoms with Crippen molar-refractivity contribution in [2.45, 2.75) is 31.4 Å². The Hall–Kier alpha value is -0.890. The van der Waals surface area contributed by atoms with E-state index in [1.807, 2.05) is 7.05 Å². The normalized spacial score (nSPS) is 18.2. The summed E-state index contributed by atoms with van der Waals surface area (Å²) in [5, 5.41) is 5.64. The van der Waals surface area contributed by atoms with E-state index in [4.69, 9.17) is 0 Å². The van der Waals surface area contributed by atoms with Crippen LogP contribution in [0.5, 0.6) is 0 Å². The van der Waals surface area contributed by atoms with E-state index in [1.165, 1.54) is 28.6 Å². The first-order valence-electron chi connectivity index (χ1n) is 8.94. The van der Waals surface area contributed by atoms with Crippen LogP contribution in [0, 0.1) is 0 Å². The van der Waals surface area contributed by atoms with Gasteiger partial charge < -0.3 is 15.2 Å². The molecule has 25 heavy (non-hydrogen) atoms. The van der Waals surface area contributed by atoms with Crippen molar-refractivity contribution in [3.63, 3.8) is 0 Å². The SMILES string of the molecule is CCC1CN(C(=NC)NCCCc2c[nH]c3ccccc23)CCS1.I. The van der Waals surface area contributed by atoms with Gasteiger partial charge >= 0.3 is 0 Å². The number of hydrogen-bond acceptors (Lipinski definition) is 2. The largest absolute Gasteiger partial charge is 0.361 e. The molecule has 0 spiro atoms. The number of guanidine groups is 1. The molecule has 138 valence electrons. The average Bonchev–Trinajstić information content (AvgIpc) is 3.05. The van der Waals surface area contributed by atoms with Crippen molar-refractivity contribution in [1.29, 1.82) is 0 Å². The lowest BCUT2D eigenvalue weighted by molar-refractivity contribution is 0.408. The fourth-order valence-corrected chi connectivity index (χ4v) is 4.49. The zero-order chi connectivity index (χ0) is 16.8. The topological polar surface area (TPSA) is 43.4 Å². The standard InChI is InChI=1S/C19H28N4S.HI/c1-3-16-14-23(11-12-24-16)19(20-2)21-10-6-7-15-13-22-18-9-5-4-8-17(15)18;/h4-5,8-9,13,16,22H,3,6-7,10-12,14H2,1-2H3,(H,20,21);1H. The number of benzene rings is 1. The Morgan fingerprint density at radius 2 is 2.24 bits per heavy atom. The number of nitrogens with zero attached hydrogens (tertiary/aromatic N) is 2. The van der Waals surface area contributed by atoms with Crippen molar-refractivity contribution in [2.75, 3.05) is 32.4 Å². The predicted molar refractivity (Wildman–Crippen MR) is 122 cm³/mol. The van der Waals surface area contributed by atoms with Gasteiger partial charge in [-0.05, 0) is 30.9 Å². The molecule has 0 aliphatic carbocycles. The second-order valence-corrected chi connectivity index (χ2v) is 7.69. The lowest BCUT2D eigenvalue weighted by atomic mass is 10.1. The summed E-state index contributed by atoms with van der Waals surface area (Å²) in [5.41, 5.74) is 2.63. The van der Waals surface area contributed by atoms with Gasteiger partial charge in [0.05, 0.1) is 0 Å². The average molecular weight is 472 g/mol. The van der Waals surface area contributed by atoms with E-state index >= 15 is 0 Å². The van der Waals surface area contributed by atoms with Gasteiger partial charge in [0.15, 0.2) is 5.96 Å². The molecular weight excluding hydrogens is 443 g/mol. The Kier molecular flexibility index (Phi) is 8.42. The van der Waals surface area contributed by atoms with Crippen LogP contribution in [0.15, 0.2) is 35.5 Å². The van der Waals surface area contributed by atoms with E-state index in [0.29, 0.717) is 0 Å². The summed E-state index contributed by atoms with van der Waals surface area (Å²) in [5.74, 6) is 2.27. The van der Waals surface area contributed by atoms with E-state index < -0.39 is 0 Å². The third-order valence-corrected chi connectivity index (χ3v) is 6.06. The second-order valence-electron chi connectivity index (χ2n) is 6.28. The number of halogens is 1. The lowest BCUT2D eigenvalue weighted by Gasteiger charge is -2.34. The van der Waals surface area contributed by atoms with Crippen molar-refractivity contribution < 1.29 is 0 Å². The maximum atomic E-state index is 4.48. The molecule has 3 rings (SSSR count). The van der Waals surface area contributed by atoms with Crippen molar-refractivity contribution in [2.24, 2.45) is 4.99 Å². The van der Waals surface area contributed by atoms with Crippen LogP contribution in [0.3, 0.4) is 0 Å². The first-order chi connectivity index (χ1) is 11.8. The fraction of sp³-hybridized carbons (Fsp3) is 0.526. The van der Waals surface area contributed by atoms with E-state index in [9.17, 15) is 0 Å². The summed E-state index contributed by atoms with van der Waals surface area (Å²) in [6.07, 6.45) is 5.58. The van der Waals surface area contributed by atoms with Gasteiger partial charge in [-0.15, -0.1) is 24.0 Å². The quantitative estimate of drug-likeness (QED) is 0.298. The molecule has 0 bridgehead atoms. The number of para-hydroxylation sites is 1. The summed E-state index contributed by atoms with van der Waals surface area (Å²) in [7, 11) is 1.89. The highest BCUT2D eigenvalue weighted by Crippen LogP contribution is 2.21. The van der Waals surface area contributed by atoms with Gasteiger partial charge in [-0.3, -0.25) is 4.99 Å². The maximum Gasteiger partial charge on any atom is 0.193 e. The highest BCUT2D eigenvalue weighted by molar-refractivity contribution is 14.0.